The molecule has 2 aromatic rings. The highest BCUT2D eigenvalue weighted by molar-refractivity contribution is 8.57. The Morgan fingerprint density at radius 2 is 1.74 bits per heavy atom. The highest BCUT2D eigenvalue weighted by atomic mass is 32.7. The zero-order chi connectivity index (χ0) is 31.4. The fraction of sp³-hybridized carbons (Fsp3) is 0.400. The van der Waals surface area contributed by atoms with Crippen molar-refractivity contribution in [3.63, 3.8) is 0 Å². The van der Waals surface area contributed by atoms with E-state index < -0.39 is 7.12 Å². The van der Waals surface area contributed by atoms with Crippen molar-refractivity contribution in [2.45, 2.75) is 72.1 Å². The molecule has 1 atom stereocenters. The SMILES string of the molecule is C=CCCCCCN(C(=C)Oc1ccc2c(c1)N2SP(C)C#N)N(C)C(=C)CC(C)(C)c1c(C)c(=C)c(C)c(C)c1=C. The lowest BCUT2D eigenvalue weighted by atomic mass is 9.75. The van der Waals surface area contributed by atoms with E-state index in [1.807, 2.05) is 38.0 Å². The van der Waals surface area contributed by atoms with E-state index >= 15 is 0 Å². The lowest BCUT2D eigenvalue weighted by Gasteiger charge is -2.39. The molecule has 0 saturated heterocycles. The highest BCUT2D eigenvalue weighted by Gasteiger charge is 2.33. The fourth-order valence-electron chi connectivity index (χ4n) is 5.55. The van der Waals surface area contributed by atoms with Crippen molar-refractivity contribution in [1.82, 2.24) is 10.0 Å². The topological polar surface area (TPSA) is 42.5 Å². The van der Waals surface area contributed by atoms with Crippen LogP contribution in [0.1, 0.15) is 68.2 Å². The predicted molar refractivity (Wildman–Crippen MR) is 185 cm³/mol. The first-order valence-electron chi connectivity index (χ1n) is 14.5. The smallest absolute Gasteiger partial charge is 0.207 e. The van der Waals surface area contributed by atoms with Crippen LogP contribution >= 0.6 is 18.7 Å². The molecule has 42 heavy (non-hydrogen) atoms. The van der Waals surface area contributed by atoms with E-state index in [9.17, 15) is 5.26 Å². The van der Waals surface area contributed by atoms with Gasteiger partial charge in [-0.15, -0.1) is 6.58 Å². The lowest BCUT2D eigenvalue weighted by Crippen LogP contribution is -2.42. The molecule has 3 rings (SSSR count). The second-order valence-corrected chi connectivity index (χ2v) is 15.6. The van der Waals surface area contributed by atoms with Crippen molar-refractivity contribution in [1.29, 1.82) is 5.26 Å². The zero-order valence-electron chi connectivity index (χ0n) is 26.6. The summed E-state index contributed by atoms with van der Waals surface area (Å²) in [6.45, 7) is 35.2. The molecule has 0 fully saturated rings. The Kier molecular flexibility index (Phi) is 11.0. The molecule has 0 spiro atoms. The molecule has 5 nitrogen and oxygen atoms in total. The monoisotopic (exact) mass is 602 g/mol. The summed E-state index contributed by atoms with van der Waals surface area (Å²) in [4.78, 5) is 0. The quantitative estimate of drug-likeness (QED) is 0.0364. The number of hydrogen-bond donors (Lipinski definition) is 0. The first kappa shape index (κ1) is 33.4. The Bertz CT molecular complexity index is 1510. The molecule has 1 aliphatic rings. The fourth-order valence-corrected chi connectivity index (χ4v) is 7.64. The molecule has 0 aliphatic carbocycles. The molecule has 7 heteroatoms. The maximum Gasteiger partial charge on any atom is 0.207 e. The van der Waals surface area contributed by atoms with Crippen LogP contribution in [0.5, 0.6) is 5.75 Å². The number of nitrogens with zero attached hydrogens (tertiary/aromatic N) is 4. The molecule has 0 aromatic heterocycles. The Balaban J connectivity index is 1.80. The van der Waals surface area contributed by atoms with Gasteiger partial charge >= 0.3 is 0 Å². The van der Waals surface area contributed by atoms with E-state index in [1.165, 1.54) is 22.3 Å². The minimum absolute atomic E-state index is 0.206. The number of fused-ring (bicyclic) bond motifs is 1. The Labute approximate surface area is 259 Å². The maximum atomic E-state index is 9.20. The molecule has 1 heterocycles. The van der Waals surface area contributed by atoms with Gasteiger partial charge in [-0.05, 0) is 122 Å². The summed E-state index contributed by atoms with van der Waals surface area (Å²) in [7, 11) is 1.29. The van der Waals surface area contributed by atoms with Gasteiger partial charge in [-0.1, -0.05) is 46.1 Å². The van der Waals surface area contributed by atoms with Crippen molar-refractivity contribution in [3.05, 3.63) is 88.3 Å². The Morgan fingerprint density at radius 3 is 2.38 bits per heavy atom. The maximum absolute atomic E-state index is 9.20. The number of ether oxygens (including phenoxy) is 1. The molecule has 1 aliphatic heterocycles. The van der Waals surface area contributed by atoms with Crippen LogP contribution in [-0.2, 0) is 5.41 Å². The van der Waals surface area contributed by atoms with Gasteiger partial charge in [-0.2, -0.15) is 5.26 Å². The van der Waals surface area contributed by atoms with E-state index in [4.69, 9.17) is 4.74 Å². The molecule has 0 amide bonds. The van der Waals surface area contributed by atoms with Crippen molar-refractivity contribution in [2.75, 3.05) is 24.6 Å². The molecule has 224 valence electrons. The first-order chi connectivity index (χ1) is 19.7. The summed E-state index contributed by atoms with van der Waals surface area (Å²) in [5, 5.41) is 15.6. The van der Waals surface area contributed by atoms with Gasteiger partial charge in [0.25, 0.3) is 0 Å². The third-order valence-electron chi connectivity index (χ3n) is 8.22. The predicted octanol–water partition coefficient (Wildman–Crippen LogP) is 8.67. The number of rotatable bonds is 16. The summed E-state index contributed by atoms with van der Waals surface area (Å²) in [5.74, 6) is 3.62. The van der Waals surface area contributed by atoms with E-state index in [0.29, 0.717) is 5.88 Å². The normalized spacial score (nSPS) is 12.7. The number of benzene rings is 2. The number of hydrazine groups is 1. The van der Waals surface area contributed by atoms with Crippen LogP contribution in [0.2, 0.25) is 0 Å². The molecular formula is C35H47N4OPS. The summed E-state index contributed by atoms with van der Waals surface area (Å²) in [6.07, 6.45) is 6.91. The number of nitriles is 1. The average molecular weight is 603 g/mol. The molecular weight excluding hydrogens is 555 g/mol. The molecule has 0 N–H and O–H groups in total. The number of hydrogen-bond acceptors (Lipinski definition) is 6. The molecule has 0 radical (unpaired) electrons. The van der Waals surface area contributed by atoms with Crippen molar-refractivity contribution in [2.24, 2.45) is 0 Å². The number of anilines is 2. The van der Waals surface area contributed by atoms with Gasteiger partial charge in [0.1, 0.15) is 11.6 Å². The Morgan fingerprint density at radius 1 is 1.07 bits per heavy atom. The van der Waals surface area contributed by atoms with Gasteiger partial charge < -0.3 is 4.74 Å². The standard InChI is InChI=1S/C35H47N4OPS/c1-13-14-15-16-17-20-38(30(8)40-31-18-19-32-33(21-31)39(32)42-41(12)23-36)37(11)24(2)22-35(9,10)34-28(6)26(4)25(3)27(5)29(34)7/h13,18-19,21H,1-2,4,7-8,14-17,20,22H2,3,5-6,9-12H3. The number of unbranched alkanes of at least 4 members (excludes halogenated alkanes) is 3. The minimum atomic E-state index is -0.753. The van der Waals surface area contributed by atoms with Gasteiger partial charge in [0, 0.05) is 25.4 Å². The van der Waals surface area contributed by atoms with Crippen molar-refractivity contribution < 1.29 is 4.74 Å². The third-order valence-corrected chi connectivity index (χ3v) is 10.8. The van der Waals surface area contributed by atoms with Crippen LogP contribution < -0.4 is 19.5 Å². The van der Waals surface area contributed by atoms with Crippen LogP contribution in [-0.4, -0.2) is 30.3 Å². The highest BCUT2D eigenvalue weighted by Crippen LogP contribution is 2.62. The van der Waals surface area contributed by atoms with E-state index in [2.05, 4.69) is 87.6 Å². The van der Waals surface area contributed by atoms with Gasteiger partial charge in [0.2, 0.25) is 5.88 Å². The lowest BCUT2D eigenvalue weighted by molar-refractivity contribution is 0.0216. The van der Waals surface area contributed by atoms with Crippen molar-refractivity contribution >= 4 is 43.2 Å². The summed E-state index contributed by atoms with van der Waals surface area (Å²) in [6, 6.07) is 6.02. The summed E-state index contributed by atoms with van der Waals surface area (Å²) >= 11 is 1.58. The van der Waals surface area contributed by atoms with Crippen LogP contribution in [0.25, 0.3) is 13.2 Å². The van der Waals surface area contributed by atoms with Gasteiger partial charge in [-0.25, -0.2) is 0 Å². The molecule has 0 saturated carbocycles. The second-order valence-electron chi connectivity index (χ2n) is 11.7. The van der Waals surface area contributed by atoms with Crippen LogP contribution in [0.15, 0.2) is 55.6 Å². The van der Waals surface area contributed by atoms with Gasteiger partial charge in [-0.3, -0.25) is 14.3 Å². The third kappa shape index (κ3) is 7.44. The van der Waals surface area contributed by atoms with E-state index in [-0.39, 0.29) is 5.41 Å². The van der Waals surface area contributed by atoms with Crippen molar-refractivity contribution in [3.8, 4) is 11.6 Å². The van der Waals surface area contributed by atoms with E-state index in [0.717, 1.165) is 71.9 Å². The van der Waals surface area contributed by atoms with Crippen LogP contribution in [0, 0.1) is 31.8 Å². The molecule has 0 bridgehead atoms. The van der Waals surface area contributed by atoms with Crippen LogP contribution in [0.3, 0.4) is 0 Å². The first-order valence-corrected chi connectivity index (χ1v) is 17.6. The van der Waals surface area contributed by atoms with Crippen LogP contribution in [0.4, 0.5) is 11.4 Å². The Hall–Kier alpha value is -3.13. The summed E-state index contributed by atoms with van der Waals surface area (Å²) < 4.78 is 8.43. The van der Waals surface area contributed by atoms with Gasteiger partial charge in [0.05, 0.1) is 18.5 Å². The molecule has 1 unspecified atom stereocenters. The zero-order valence-corrected chi connectivity index (χ0v) is 28.4. The van der Waals surface area contributed by atoms with Gasteiger partial charge in [0.15, 0.2) is 0 Å². The average Bonchev–Trinajstić information content (AvgIpc) is 3.62. The summed E-state index contributed by atoms with van der Waals surface area (Å²) in [5.41, 5.74) is 7.85. The molecule has 2 aromatic carbocycles. The largest absolute Gasteiger partial charge is 0.440 e. The number of allylic oxidation sites excluding steroid dienone is 2. The second kappa shape index (κ2) is 13.9. The minimum Gasteiger partial charge on any atom is -0.440 e. The van der Waals surface area contributed by atoms with E-state index in [1.54, 1.807) is 11.6 Å².